The molecule has 0 bridgehead atoms. The van der Waals surface area contributed by atoms with Gasteiger partial charge in [-0.25, -0.2) is 0 Å². The van der Waals surface area contributed by atoms with Gasteiger partial charge < -0.3 is 10.1 Å². The first-order valence-electron chi connectivity index (χ1n) is 6.52. The molecule has 0 saturated carbocycles. The van der Waals surface area contributed by atoms with E-state index in [1.54, 1.807) is 24.3 Å². The summed E-state index contributed by atoms with van der Waals surface area (Å²) in [6, 6.07) is 1.86. The van der Waals surface area contributed by atoms with Crippen molar-refractivity contribution in [1.29, 1.82) is 0 Å². The third-order valence-corrected chi connectivity index (χ3v) is 3.36. The van der Waals surface area contributed by atoms with E-state index in [2.05, 4.69) is 10.4 Å². The second-order valence-corrected chi connectivity index (χ2v) is 4.75. The fourth-order valence-electron chi connectivity index (χ4n) is 2.02. The number of hydrogen-bond donors (Lipinski definition) is 1. The summed E-state index contributed by atoms with van der Waals surface area (Å²) in [5.41, 5.74) is 1.37. The van der Waals surface area contributed by atoms with Crippen molar-refractivity contribution in [1.82, 2.24) is 20.0 Å². The molecular formula is C13H18N4O2S. The molecule has 2 rings (SSSR count). The van der Waals surface area contributed by atoms with Crippen LogP contribution in [-0.4, -0.2) is 46.0 Å². The Balaban J connectivity index is 2.11. The molecule has 108 valence electrons. The van der Waals surface area contributed by atoms with E-state index in [4.69, 9.17) is 17.0 Å². The smallest absolute Gasteiger partial charge is 0.276 e. The number of aryl methyl sites for hydroxylation is 1. The summed E-state index contributed by atoms with van der Waals surface area (Å²) in [5.74, 6) is -0.102. The molecule has 1 aliphatic rings. The van der Waals surface area contributed by atoms with Crippen LogP contribution in [0.1, 0.15) is 19.0 Å². The summed E-state index contributed by atoms with van der Waals surface area (Å²) < 4.78 is 6.80. The van der Waals surface area contributed by atoms with Crippen LogP contribution in [0.2, 0.25) is 0 Å². The van der Waals surface area contributed by atoms with Gasteiger partial charge in [0.1, 0.15) is 5.70 Å². The predicted molar refractivity (Wildman–Crippen MR) is 79.8 cm³/mol. The number of thiocarbonyl (C=S) groups is 1. The van der Waals surface area contributed by atoms with Gasteiger partial charge in [-0.2, -0.15) is 5.10 Å². The fourth-order valence-corrected chi connectivity index (χ4v) is 2.30. The molecular weight excluding hydrogens is 276 g/mol. The molecule has 0 unspecified atom stereocenters. The molecule has 20 heavy (non-hydrogen) atoms. The van der Waals surface area contributed by atoms with E-state index in [0.29, 0.717) is 24.0 Å². The molecule has 6 nitrogen and oxygen atoms in total. The van der Waals surface area contributed by atoms with Crippen molar-refractivity contribution in [2.24, 2.45) is 0 Å². The van der Waals surface area contributed by atoms with Gasteiger partial charge >= 0.3 is 0 Å². The predicted octanol–water partition coefficient (Wildman–Crippen LogP) is 0.997. The van der Waals surface area contributed by atoms with Gasteiger partial charge in [0, 0.05) is 33.0 Å². The fraction of sp³-hybridized carbons (Fsp3) is 0.462. The zero-order chi connectivity index (χ0) is 14.5. The molecule has 0 aliphatic carbocycles. The number of rotatable bonds is 6. The van der Waals surface area contributed by atoms with E-state index in [0.717, 1.165) is 18.7 Å². The number of nitrogens with one attached hydrogen (secondary N) is 1. The van der Waals surface area contributed by atoms with Crippen LogP contribution in [0, 0.1) is 0 Å². The lowest BCUT2D eigenvalue weighted by atomic mass is 10.3. The molecule has 0 aromatic carbocycles. The number of nitrogens with zero attached hydrogens (tertiary/aromatic N) is 3. The van der Waals surface area contributed by atoms with Gasteiger partial charge in [-0.05, 0) is 37.7 Å². The third-order valence-electron chi connectivity index (χ3n) is 3.03. The number of amides is 1. The first-order valence-corrected chi connectivity index (χ1v) is 6.93. The molecule has 1 N–H and O–H groups in total. The Hall–Kier alpha value is -1.73. The lowest BCUT2D eigenvalue weighted by Crippen LogP contribution is -2.32. The minimum atomic E-state index is -0.102. The molecule has 1 fully saturated rings. The molecule has 0 spiro atoms. The number of hydrogen-bond acceptors (Lipinski definition) is 4. The highest BCUT2D eigenvalue weighted by molar-refractivity contribution is 7.80. The summed E-state index contributed by atoms with van der Waals surface area (Å²) in [5, 5.41) is 7.57. The normalized spacial score (nSPS) is 17.1. The van der Waals surface area contributed by atoms with Crippen molar-refractivity contribution in [3.63, 3.8) is 0 Å². The van der Waals surface area contributed by atoms with Crippen molar-refractivity contribution in [3.05, 3.63) is 23.7 Å². The summed E-state index contributed by atoms with van der Waals surface area (Å²) >= 11 is 5.19. The molecule has 7 heteroatoms. The molecule has 0 atom stereocenters. The first-order chi connectivity index (χ1) is 9.67. The molecule has 0 radical (unpaired) electrons. The Morgan fingerprint density at radius 1 is 1.55 bits per heavy atom. The van der Waals surface area contributed by atoms with E-state index in [1.807, 2.05) is 17.7 Å². The summed E-state index contributed by atoms with van der Waals surface area (Å²) in [7, 11) is 1.64. The topological polar surface area (TPSA) is 59.4 Å². The van der Waals surface area contributed by atoms with Crippen LogP contribution in [0.25, 0.3) is 6.08 Å². The number of carbonyl (C=O) groups excluding carboxylic acids is 1. The Morgan fingerprint density at radius 3 is 3.05 bits per heavy atom. The minimum Gasteiger partial charge on any atom is -0.385 e. The summed E-state index contributed by atoms with van der Waals surface area (Å²) in [4.78, 5) is 13.8. The Bertz CT molecular complexity index is 538. The van der Waals surface area contributed by atoms with Gasteiger partial charge in [-0.3, -0.25) is 14.4 Å². The number of carbonyl (C=O) groups is 1. The molecule has 1 aromatic heterocycles. The van der Waals surface area contributed by atoms with Gasteiger partial charge in [0.25, 0.3) is 5.91 Å². The number of methoxy groups -OCH3 is 1. The first kappa shape index (κ1) is 14.7. The zero-order valence-electron chi connectivity index (χ0n) is 11.6. The Labute approximate surface area is 123 Å². The van der Waals surface area contributed by atoms with Crippen molar-refractivity contribution in [3.8, 4) is 0 Å². The van der Waals surface area contributed by atoms with E-state index in [1.165, 1.54) is 0 Å². The largest absolute Gasteiger partial charge is 0.385 e. The van der Waals surface area contributed by atoms with Gasteiger partial charge in [0.15, 0.2) is 5.11 Å². The Morgan fingerprint density at radius 2 is 2.35 bits per heavy atom. The molecule has 1 amide bonds. The van der Waals surface area contributed by atoms with Crippen LogP contribution in [0.4, 0.5) is 0 Å². The molecule has 1 aliphatic heterocycles. The van der Waals surface area contributed by atoms with Crippen LogP contribution in [0.15, 0.2) is 18.0 Å². The van der Waals surface area contributed by atoms with E-state index in [-0.39, 0.29) is 5.91 Å². The molecule has 1 aromatic rings. The lowest BCUT2D eigenvalue weighted by Gasteiger charge is -2.12. The van der Waals surface area contributed by atoms with E-state index in [9.17, 15) is 4.79 Å². The maximum absolute atomic E-state index is 12.3. The second kappa shape index (κ2) is 6.62. The van der Waals surface area contributed by atoms with Crippen LogP contribution in [-0.2, 0) is 16.1 Å². The van der Waals surface area contributed by atoms with Gasteiger partial charge in [0.05, 0.1) is 5.69 Å². The van der Waals surface area contributed by atoms with Gasteiger partial charge in [0.2, 0.25) is 0 Å². The highest BCUT2D eigenvalue weighted by Gasteiger charge is 2.30. The summed E-state index contributed by atoms with van der Waals surface area (Å²) in [6.45, 7) is 3.92. The lowest BCUT2D eigenvalue weighted by molar-refractivity contribution is -0.122. The maximum Gasteiger partial charge on any atom is 0.276 e. The average Bonchev–Trinajstić information content (AvgIpc) is 2.98. The SMILES string of the molecule is CCn1nccc1/C=C1/NC(=S)N(CCCOC)C1=O. The highest BCUT2D eigenvalue weighted by Crippen LogP contribution is 2.14. The zero-order valence-corrected chi connectivity index (χ0v) is 12.4. The number of ether oxygens (including phenoxy) is 1. The highest BCUT2D eigenvalue weighted by atomic mass is 32.1. The van der Waals surface area contributed by atoms with Gasteiger partial charge in [-0.15, -0.1) is 0 Å². The van der Waals surface area contributed by atoms with E-state index < -0.39 is 0 Å². The van der Waals surface area contributed by atoms with Crippen molar-refractivity contribution >= 4 is 29.3 Å². The minimum absolute atomic E-state index is 0.102. The van der Waals surface area contributed by atoms with Crippen LogP contribution in [0.3, 0.4) is 0 Å². The standard InChI is InChI=1S/C13H18N4O2S/c1-3-17-10(5-6-14-17)9-11-12(18)16(13(20)15-11)7-4-8-19-2/h5-6,9H,3-4,7-8H2,1-2H3,(H,15,20)/b11-9+. The van der Waals surface area contributed by atoms with Crippen molar-refractivity contribution < 1.29 is 9.53 Å². The molecule has 2 heterocycles. The van der Waals surface area contributed by atoms with Crippen molar-refractivity contribution in [2.75, 3.05) is 20.3 Å². The number of aromatic nitrogens is 2. The quantitative estimate of drug-likeness (QED) is 0.482. The average molecular weight is 294 g/mol. The summed E-state index contributed by atoms with van der Waals surface area (Å²) in [6.07, 6.45) is 4.25. The third kappa shape index (κ3) is 3.05. The Kier molecular flexibility index (Phi) is 4.86. The monoisotopic (exact) mass is 294 g/mol. The van der Waals surface area contributed by atoms with E-state index >= 15 is 0 Å². The second-order valence-electron chi connectivity index (χ2n) is 4.36. The van der Waals surface area contributed by atoms with Crippen LogP contribution < -0.4 is 5.32 Å². The molecule has 1 saturated heterocycles. The maximum atomic E-state index is 12.3. The van der Waals surface area contributed by atoms with Crippen LogP contribution in [0.5, 0.6) is 0 Å². The van der Waals surface area contributed by atoms with Gasteiger partial charge in [-0.1, -0.05) is 0 Å². The van der Waals surface area contributed by atoms with Crippen molar-refractivity contribution in [2.45, 2.75) is 19.9 Å². The van der Waals surface area contributed by atoms with Crippen LogP contribution >= 0.6 is 12.2 Å².